The smallest absolute Gasteiger partial charge is 0.270 e. The first-order valence-electron chi connectivity index (χ1n) is 9.46. The van der Waals surface area contributed by atoms with Gasteiger partial charge in [-0.05, 0) is 36.6 Å². The van der Waals surface area contributed by atoms with Crippen LogP contribution in [0.15, 0.2) is 42.5 Å². The molecule has 0 saturated carbocycles. The number of hydrogen-bond acceptors (Lipinski definition) is 5. The molecule has 0 radical (unpaired) electrons. The van der Waals surface area contributed by atoms with Gasteiger partial charge < -0.3 is 14.5 Å². The van der Waals surface area contributed by atoms with Crippen LogP contribution >= 0.6 is 11.6 Å². The van der Waals surface area contributed by atoms with Gasteiger partial charge in [0.1, 0.15) is 0 Å². The molecule has 1 aliphatic rings. The van der Waals surface area contributed by atoms with Crippen molar-refractivity contribution in [2.45, 2.75) is 25.5 Å². The van der Waals surface area contributed by atoms with E-state index < -0.39 is 4.92 Å². The summed E-state index contributed by atoms with van der Waals surface area (Å²) in [6, 6.07) is 11.9. The molecular formula is C21H24ClN3O4. The maximum atomic E-state index is 13.2. The Morgan fingerprint density at radius 1 is 1.24 bits per heavy atom. The molecule has 2 aromatic carbocycles. The fourth-order valence-corrected chi connectivity index (χ4v) is 3.59. The van der Waals surface area contributed by atoms with Gasteiger partial charge in [-0.3, -0.25) is 14.9 Å². The minimum absolute atomic E-state index is 0.0168. The number of nitrogens with zero attached hydrogens (tertiary/aromatic N) is 3. The second kappa shape index (κ2) is 9.24. The van der Waals surface area contributed by atoms with Crippen LogP contribution in [0.2, 0.25) is 5.02 Å². The monoisotopic (exact) mass is 417 g/mol. The van der Waals surface area contributed by atoms with Gasteiger partial charge in [-0.25, -0.2) is 0 Å². The molecule has 1 amide bonds. The lowest BCUT2D eigenvalue weighted by Gasteiger charge is -2.26. The van der Waals surface area contributed by atoms with E-state index in [1.807, 2.05) is 43.3 Å². The maximum Gasteiger partial charge on any atom is 0.270 e. The number of amides is 1. The van der Waals surface area contributed by atoms with Crippen molar-refractivity contribution in [3.8, 4) is 0 Å². The predicted octanol–water partition coefficient (Wildman–Crippen LogP) is 4.14. The van der Waals surface area contributed by atoms with E-state index in [1.165, 1.54) is 18.2 Å². The zero-order valence-corrected chi connectivity index (χ0v) is 17.3. The van der Waals surface area contributed by atoms with Gasteiger partial charge in [0.2, 0.25) is 0 Å². The largest absolute Gasteiger partial charge is 0.378 e. The van der Waals surface area contributed by atoms with E-state index in [4.69, 9.17) is 16.3 Å². The van der Waals surface area contributed by atoms with Gasteiger partial charge >= 0.3 is 0 Å². The lowest BCUT2D eigenvalue weighted by atomic mass is 10.1. The maximum absolute atomic E-state index is 13.2. The van der Waals surface area contributed by atoms with Crippen molar-refractivity contribution >= 4 is 28.9 Å². The van der Waals surface area contributed by atoms with Crippen LogP contribution in [0.4, 0.5) is 11.4 Å². The molecule has 1 fully saturated rings. The van der Waals surface area contributed by atoms with Crippen molar-refractivity contribution in [2.24, 2.45) is 0 Å². The van der Waals surface area contributed by atoms with Crippen molar-refractivity contribution in [3.63, 3.8) is 0 Å². The number of carbonyl (C=O) groups excluding carboxylic acids is 1. The third-order valence-electron chi connectivity index (χ3n) is 4.96. The van der Waals surface area contributed by atoms with Crippen LogP contribution in [-0.2, 0) is 11.3 Å². The van der Waals surface area contributed by atoms with Gasteiger partial charge in [-0.2, -0.15) is 0 Å². The minimum atomic E-state index is -0.531. The van der Waals surface area contributed by atoms with Gasteiger partial charge in [0, 0.05) is 51.6 Å². The van der Waals surface area contributed by atoms with E-state index in [9.17, 15) is 14.9 Å². The van der Waals surface area contributed by atoms with Crippen molar-refractivity contribution in [2.75, 3.05) is 32.1 Å². The first-order chi connectivity index (χ1) is 13.8. The summed E-state index contributed by atoms with van der Waals surface area (Å²) in [5.74, 6) is -0.267. The molecule has 7 nitrogen and oxygen atoms in total. The first-order valence-corrected chi connectivity index (χ1v) is 9.84. The summed E-state index contributed by atoms with van der Waals surface area (Å²) in [5.41, 5.74) is 2.17. The average Bonchev–Trinajstić information content (AvgIpc) is 3.20. The standard InChI is InChI=1S/C21H24ClN3O4/c1-23(2)16-7-5-15(6-8-16)13-24(14-18-4-3-11-29-18)21(26)19-10-9-17(25(27)28)12-20(19)22/h5-10,12,18H,3-4,11,13-14H2,1-2H3. The Morgan fingerprint density at radius 2 is 1.97 bits per heavy atom. The Bertz CT molecular complexity index is 880. The van der Waals surface area contributed by atoms with Crippen molar-refractivity contribution in [3.05, 3.63) is 68.7 Å². The van der Waals surface area contributed by atoms with E-state index in [1.54, 1.807) is 4.90 Å². The Hall–Kier alpha value is -2.64. The number of carbonyl (C=O) groups is 1. The molecule has 0 aliphatic carbocycles. The number of hydrogen-bond donors (Lipinski definition) is 0. The topological polar surface area (TPSA) is 75.9 Å². The van der Waals surface area contributed by atoms with Gasteiger partial charge in [0.15, 0.2) is 0 Å². The minimum Gasteiger partial charge on any atom is -0.378 e. The number of nitro benzene ring substituents is 1. The highest BCUT2D eigenvalue weighted by molar-refractivity contribution is 6.34. The Morgan fingerprint density at radius 3 is 2.52 bits per heavy atom. The van der Waals surface area contributed by atoms with Crippen molar-refractivity contribution < 1.29 is 14.5 Å². The molecule has 1 atom stereocenters. The highest BCUT2D eigenvalue weighted by atomic mass is 35.5. The van der Waals surface area contributed by atoms with Gasteiger partial charge in [-0.15, -0.1) is 0 Å². The number of non-ortho nitro benzene ring substituents is 1. The van der Waals surface area contributed by atoms with E-state index >= 15 is 0 Å². The third-order valence-corrected chi connectivity index (χ3v) is 5.27. The average molecular weight is 418 g/mol. The summed E-state index contributed by atoms with van der Waals surface area (Å²) in [6.07, 6.45) is 1.86. The molecule has 2 aromatic rings. The number of rotatable bonds is 7. The van der Waals surface area contributed by atoms with Crippen LogP contribution in [0.5, 0.6) is 0 Å². The zero-order valence-electron chi connectivity index (χ0n) is 16.5. The molecular weight excluding hydrogens is 394 g/mol. The second-order valence-corrected chi connectivity index (χ2v) is 7.71. The normalized spacial score (nSPS) is 15.9. The van der Waals surface area contributed by atoms with E-state index in [2.05, 4.69) is 0 Å². The fourth-order valence-electron chi connectivity index (χ4n) is 3.33. The van der Waals surface area contributed by atoms with Gasteiger partial charge in [0.25, 0.3) is 11.6 Å². The number of nitro groups is 1. The Balaban J connectivity index is 1.84. The molecule has 0 spiro atoms. The van der Waals surface area contributed by atoms with Crippen molar-refractivity contribution in [1.29, 1.82) is 0 Å². The van der Waals surface area contributed by atoms with E-state index in [0.717, 1.165) is 24.1 Å². The molecule has 8 heteroatoms. The van der Waals surface area contributed by atoms with Crippen LogP contribution in [0, 0.1) is 10.1 Å². The molecule has 0 bridgehead atoms. The Labute approximate surface area is 175 Å². The molecule has 1 aliphatic heterocycles. The summed E-state index contributed by atoms with van der Waals surface area (Å²) >= 11 is 6.20. The molecule has 1 heterocycles. The lowest BCUT2D eigenvalue weighted by molar-refractivity contribution is -0.384. The van der Waals surface area contributed by atoms with E-state index in [0.29, 0.717) is 19.7 Å². The quantitative estimate of drug-likeness (QED) is 0.500. The third kappa shape index (κ3) is 5.25. The summed E-state index contributed by atoms with van der Waals surface area (Å²) in [7, 11) is 3.94. The number of anilines is 1. The van der Waals surface area contributed by atoms with Crippen LogP contribution < -0.4 is 4.90 Å². The lowest BCUT2D eigenvalue weighted by Crippen LogP contribution is -2.37. The van der Waals surface area contributed by atoms with Gasteiger partial charge in [-0.1, -0.05) is 23.7 Å². The van der Waals surface area contributed by atoms with Crippen LogP contribution in [-0.4, -0.2) is 49.1 Å². The molecule has 3 rings (SSSR count). The molecule has 0 N–H and O–H groups in total. The van der Waals surface area contributed by atoms with Gasteiger partial charge in [0.05, 0.1) is 21.6 Å². The molecule has 1 unspecified atom stereocenters. The molecule has 154 valence electrons. The highest BCUT2D eigenvalue weighted by Gasteiger charge is 2.25. The predicted molar refractivity (Wildman–Crippen MR) is 113 cm³/mol. The molecule has 1 saturated heterocycles. The highest BCUT2D eigenvalue weighted by Crippen LogP contribution is 2.25. The summed E-state index contributed by atoms with van der Waals surface area (Å²) in [6.45, 7) is 1.55. The SMILES string of the molecule is CN(C)c1ccc(CN(CC2CCCO2)C(=O)c2ccc([N+](=O)[O-])cc2Cl)cc1. The Kier molecular flexibility index (Phi) is 6.71. The van der Waals surface area contributed by atoms with Crippen LogP contribution in [0.3, 0.4) is 0 Å². The molecule has 29 heavy (non-hydrogen) atoms. The summed E-state index contributed by atoms with van der Waals surface area (Å²) in [4.78, 5) is 27.3. The summed E-state index contributed by atoms with van der Waals surface area (Å²) in [5, 5.41) is 11.0. The zero-order chi connectivity index (χ0) is 21.0. The van der Waals surface area contributed by atoms with Crippen LogP contribution in [0.25, 0.3) is 0 Å². The van der Waals surface area contributed by atoms with Crippen molar-refractivity contribution in [1.82, 2.24) is 4.90 Å². The number of ether oxygens (including phenoxy) is 1. The number of benzene rings is 2. The molecule has 0 aromatic heterocycles. The van der Waals surface area contributed by atoms with Crippen LogP contribution in [0.1, 0.15) is 28.8 Å². The fraction of sp³-hybridized carbons (Fsp3) is 0.381. The summed E-state index contributed by atoms with van der Waals surface area (Å²) < 4.78 is 5.72. The van der Waals surface area contributed by atoms with E-state index in [-0.39, 0.29) is 28.3 Å². The number of halogens is 1. The first kappa shape index (κ1) is 21.1. The second-order valence-electron chi connectivity index (χ2n) is 7.30.